The Morgan fingerprint density at radius 2 is 1.82 bits per heavy atom. The number of carbonyl (C=O) groups is 2. The van der Waals surface area contributed by atoms with Gasteiger partial charge in [-0.2, -0.15) is 5.10 Å². The number of carbonyl (C=O) groups excluding carboxylic acids is 2. The van der Waals surface area contributed by atoms with Gasteiger partial charge in [-0.25, -0.2) is 5.43 Å². The summed E-state index contributed by atoms with van der Waals surface area (Å²) in [7, 11) is 0. The van der Waals surface area contributed by atoms with Gasteiger partial charge >= 0.3 is 0 Å². The van der Waals surface area contributed by atoms with Gasteiger partial charge < -0.3 is 14.8 Å². The maximum Gasteiger partial charge on any atom is 0.271 e. The molecule has 2 N–H and O–H groups in total. The molecular formula is C25H23ClIN3O4. The molecule has 0 saturated heterocycles. The maximum atomic E-state index is 12.3. The fourth-order valence-corrected chi connectivity index (χ4v) is 3.85. The van der Waals surface area contributed by atoms with Crippen molar-refractivity contribution in [3.8, 4) is 11.5 Å². The van der Waals surface area contributed by atoms with Gasteiger partial charge in [0.1, 0.15) is 0 Å². The molecule has 0 bridgehead atoms. The van der Waals surface area contributed by atoms with Gasteiger partial charge in [0, 0.05) is 5.56 Å². The van der Waals surface area contributed by atoms with E-state index < -0.39 is 0 Å². The summed E-state index contributed by atoms with van der Waals surface area (Å²) in [6, 6.07) is 17.7. The summed E-state index contributed by atoms with van der Waals surface area (Å²) in [5.41, 5.74) is 5.31. The minimum absolute atomic E-state index is 0.221. The molecule has 0 fully saturated rings. The normalized spacial score (nSPS) is 10.7. The van der Waals surface area contributed by atoms with Gasteiger partial charge in [-0.05, 0) is 78.4 Å². The number of benzene rings is 3. The van der Waals surface area contributed by atoms with Crippen LogP contribution >= 0.6 is 34.2 Å². The highest BCUT2D eigenvalue weighted by Crippen LogP contribution is 2.34. The highest BCUT2D eigenvalue weighted by molar-refractivity contribution is 14.1. The van der Waals surface area contributed by atoms with E-state index in [2.05, 4.69) is 38.4 Å². The predicted octanol–water partition coefficient (Wildman–Crippen LogP) is 5.43. The van der Waals surface area contributed by atoms with Gasteiger partial charge in [0.25, 0.3) is 11.8 Å². The van der Waals surface area contributed by atoms with Crippen molar-refractivity contribution in [3.05, 3.63) is 85.9 Å². The van der Waals surface area contributed by atoms with Crippen molar-refractivity contribution in [2.45, 2.75) is 13.8 Å². The molecule has 0 saturated carbocycles. The summed E-state index contributed by atoms with van der Waals surface area (Å²) < 4.78 is 12.2. The number of ether oxygens (including phenoxy) is 2. The van der Waals surface area contributed by atoms with Crippen LogP contribution < -0.4 is 20.2 Å². The highest BCUT2D eigenvalue weighted by atomic mass is 127. The van der Waals surface area contributed by atoms with Crippen LogP contribution in [0.2, 0.25) is 5.02 Å². The van der Waals surface area contributed by atoms with E-state index in [1.54, 1.807) is 42.5 Å². The average molecular weight is 592 g/mol. The summed E-state index contributed by atoms with van der Waals surface area (Å²) in [4.78, 5) is 24.5. The maximum absolute atomic E-state index is 12.3. The summed E-state index contributed by atoms with van der Waals surface area (Å²) in [6.45, 7) is 3.99. The molecule has 3 rings (SSSR count). The fraction of sp³-hybridized carbons (Fsp3) is 0.160. The van der Waals surface area contributed by atoms with Crippen LogP contribution in [0.25, 0.3) is 0 Å². The van der Waals surface area contributed by atoms with Crippen molar-refractivity contribution >= 4 is 57.9 Å². The van der Waals surface area contributed by atoms with Crippen LogP contribution in [0.5, 0.6) is 11.5 Å². The van der Waals surface area contributed by atoms with Gasteiger partial charge in [0.15, 0.2) is 18.1 Å². The number of halogens is 2. The second-order valence-corrected chi connectivity index (χ2v) is 8.71. The lowest BCUT2D eigenvalue weighted by atomic mass is 10.1. The Bertz CT molecular complexity index is 1200. The Morgan fingerprint density at radius 1 is 1.09 bits per heavy atom. The largest absolute Gasteiger partial charge is 0.490 e. The zero-order chi connectivity index (χ0) is 24.5. The number of anilines is 1. The number of rotatable bonds is 9. The molecule has 7 nitrogen and oxygen atoms in total. The second-order valence-electron chi connectivity index (χ2n) is 7.14. The smallest absolute Gasteiger partial charge is 0.271 e. The lowest BCUT2D eigenvalue weighted by Crippen LogP contribution is -2.21. The van der Waals surface area contributed by atoms with Crippen molar-refractivity contribution in [2.75, 3.05) is 18.5 Å². The topological polar surface area (TPSA) is 89.0 Å². The lowest BCUT2D eigenvalue weighted by molar-refractivity contribution is -0.118. The number of nitrogens with zero attached hydrogens (tertiary/aromatic N) is 1. The summed E-state index contributed by atoms with van der Waals surface area (Å²) in [5.74, 6) is 0.250. The van der Waals surface area contributed by atoms with Gasteiger partial charge in [0.2, 0.25) is 0 Å². The van der Waals surface area contributed by atoms with Gasteiger partial charge in [-0.1, -0.05) is 41.4 Å². The van der Waals surface area contributed by atoms with Crippen LogP contribution in [0.3, 0.4) is 0 Å². The zero-order valence-corrected chi connectivity index (χ0v) is 21.5. The Balaban J connectivity index is 1.66. The third kappa shape index (κ3) is 7.19. The van der Waals surface area contributed by atoms with E-state index in [-0.39, 0.29) is 18.4 Å². The Kier molecular flexibility index (Phi) is 9.29. The van der Waals surface area contributed by atoms with Crippen molar-refractivity contribution < 1.29 is 19.1 Å². The van der Waals surface area contributed by atoms with E-state index in [9.17, 15) is 9.59 Å². The molecule has 0 aliphatic carbocycles. The summed E-state index contributed by atoms with van der Waals surface area (Å²) in [6.07, 6.45) is 1.52. The Hall–Kier alpha value is -3.11. The van der Waals surface area contributed by atoms with Crippen molar-refractivity contribution in [2.24, 2.45) is 5.10 Å². The van der Waals surface area contributed by atoms with E-state index in [4.69, 9.17) is 21.1 Å². The highest BCUT2D eigenvalue weighted by Gasteiger charge is 2.14. The van der Waals surface area contributed by atoms with Gasteiger partial charge in [0.05, 0.1) is 27.1 Å². The third-order valence-electron chi connectivity index (χ3n) is 4.52. The molecular weight excluding hydrogens is 569 g/mol. The molecule has 34 heavy (non-hydrogen) atoms. The molecule has 0 heterocycles. The molecule has 0 radical (unpaired) electrons. The van der Waals surface area contributed by atoms with Gasteiger partial charge in [-0.3, -0.25) is 9.59 Å². The van der Waals surface area contributed by atoms with E-state index >= 15 is 0 Å². The number of para-hydroxylation sites is 1. The number of hydrogen-bond acceptors (Lipinski definition) is 5. The Labute approximate surface area is 216 Å². The van der Waals surface area contributed by atoms with E-state index in [0.717, 1.165) is 9.13 Å². The van der Waals surface area contributed by atoms with Crippen LogP contribution in [0.4, 0.5) is 5.69 Å². The fourth-order valence-electron chi connectivity index (χ4n) is 2.89. The van der Waals surface area contributed by atoms with Crippen LogP contribution in [0, 0.1) is 10.5 Å². The number of aryl methyl sites for hydroxylation is 1. The molecule has 0 aliphatic rings. The van der Waals surface area contributed by atoms with E-state index in [1.807, 2.05) is 32.0 Å². The first kappa shape index (κ1) is 25.5. The molecule has 0 atom stereocenters. The van der Waals surface area contributed by atoms with E-state index in [0.29, 0.717) is 39.9 Å². The minimum atomic E-state index is -0.351. The first-order valence-electron chi connectivity index (χ1n) is 10.4. The van der Waals surface area contributed by atoms with Crippen LogP contribution in [-0.2, 0) is 4.79 Å². The molecule has 0 spiro atoms. The van der Waals surface area contributed by atoms with Crippen LogP contribution in [0.15, 0.2) is 65.8 Å². The van der Waals surface area contributed by atoms with Crippen molar-refractivity contribution in [3.63, 3.8) is 0 Å². The van der Waals surface area contributed by atoms with Crippen molar-refractivity contribution in [1.82, 2.24) is 5.43 Å². The lowest BCUT2D eigenvalue weighted by Gasteiger charge is -2.15. The average Bonchev–Trinajstić information content (AvgIpc) is 2.80. The quantitative estimate of drug-likeness (QED) is 0.197. The Morgan fingerprint density at radius 3 is 2.53 bits per heavy atom. The number of hydrazone groups is 1. The molecule has 0 aliphatic heterocycles. The molecule has 2 amide bonds. The van der Waals surface area contributed by atoms with Gasteiger partial charge in [-0.15, -0.1) is 0 Å². The molecule has 9 heteroatoms. The summed E-state index contributed by atoms with van der Waals surface area (Å²) in [5, 5.41) is 7.20. The van der Waals surface area contributed by atoms with Crippen LogP contribution in [0.1, 0.15) is 28.4 Å². The molecule has 176 valence electrons. The number of nitrogens with one attached hydrogen (secondary N) is 2. The molecule has 0 unspecified atom stereocenters. The zero-order valence-electron chi connectivity index (χ0n) is 18.6. The first-order valence-corrected chi connectivity index (χ1v) is 11.9. The number of hydrogen-bond donors (Lipinski definition) is 2. The molecule has 3 aromatic rings. The SMILES string of the molecule is CCOc1cc(/C=N/NC(=O)c2ccc(C)cc2)cc(I)c1OCC(=O)Nc1ccccc1Cl. The summed E-state index contributed by atoms with van der Waals surface area (Å²) >= 11 is 8.18. The van der Waals surface area contributed by atoms with Crippen molar-refractivity contribution in [1.29, 1.82) is 0 Å². The monoisotopic (exact) mass is 591 g/mol. The molecule has 0 aromatic heterocycles. The third-order valence-corrected chi connectivity index (χ3v) is 5.65. The minimum Gasteiger partial charge on any atom is -0.490 e. The number of amides is 2. The molecule has 3 aromatic carbocycles. The predicted molar refractivity (Wildman–Crippen MR) is 142 cm³/mol. The second kappa shape index (κ2) is 12.4. The first-order chi connectivity index (χ1) is 16.4. The standard InChI is InChI=1S/C25H23ClIN3O4/c1-3-33-22-13-17(14-28-30-25(32)18-10-8-16(2)9-11-18)12-20(27)24(22)34-15-23(31)29-21-7-5-4-6-19(21)26/h4-14H,3,15H2,1-2H3,(H,29,31)(H,30,32)/b28-14+. The van der Waals surface area contributed by atoms with Crippen LogP contribution in [-0.4, -0.2) is 31.2 Å². The van der Waals surface area contributed by atoms with E-state index in [1.165, 1.54) is 6.21 Å².